The summed E-state index contributed by atoms with van der Waals surface area (Å²) in [7, 11) is 0. The molecule has 1 heterocycles. The summed E-state index contributed by atoms with van der Waals surface area (Å²) < 4.78 is 4.86. The molecule has 0 aromatic heterocycles. The van der Waals surface area contributed by atoms with Crippen LogP contribution in [0.3, 0.4) is 0 Å². The van der Waals surface area contributed by atoms with Gasteiger partial charge in [0.1, 0.15) is 23.0 Å². The second kappa shape index (κ2) is 5.82. The Morgan fingerprint density at radius 2 is 2.31 bits per heavy atom. The van der Waals surface area contributed by atoms with Crippen molar-refractivity contribution < 1.29 is 7.86 Å². The van der Waals surface area contributed by atoms with Crippen molar-refractivity contribution in [3.8, 4) is 0 Å². The number of hydrogen-bond donors (Lipinski definition) is 0. The van der Waals surface area contributed by atoms with E-state index in [2.05, 4.69) is 4.99 Å². The van der Waals surface area contributed by atoms with Gasteiger partial charge < -0.3 is 3.07 Å². The summed E-state index contributed by atoms with van der Waals surface area (Å²) in [6.45, 7) is 0.314. The van der Waals surface area contributed by atoms with E-state index in [0.717, 1.165) is 0 Å². The maximum Gasteiger partial charge on any atom is 0.184 e. The van der Waals surface area contributed by atoms with Crippen LogP contribution < -0.4 is 0 Å². The normalized spacial score (nSPS) is 27.8. The summed E-state index contributed by atoms with van der Waals surface area (Å²) in [6.07, 6.45) is 9.68. The largest absolute Gasteiger partial charge is 0.311 e. The van der Waals surface area contributed by atoms with Gasteiger partial charge in [-0.1, -0.05) is 6.08 Å². The molecule has 0 aliphatic carbocycles. The zero-order chi connectivity index (χ0) is 9.52. The minimum absolute atomic E-state index is 0.0466. The van der Waals surface area contributed by atoms with Crippen LogP contribution in [0.4, 0.5) is 0 Å². The molecule has 0 radical (unpaired) electrons. The summed E-state index contributed by atoms with van der Waals surface area (Å²) in [5.74, 6) is -0.0466. The fraction of sp³-hybridized carbons (Fsp3) is 0.111. The fourth-order valence-corrected chi connectivity index (χ4v) is 1.14. The molecule has 68 valence electrons. The Bertz CT molecular complexity index is 303. The molecule has 13 heavy (non-hydrogen) atoms. The fourth-order valence-electron chi connectivity index (χ4n) is 0.806. The first-order valence-electron chi connectivity index (χ1n) is 3.68. The van der Waals surface area contributed by atoms with Crippen LogP contribution in [0.2, 0.25) is 0 Å². The molecule has 0 saturated heterocycles. The van der Waals surface area contributed by atoms with Crippen LogP contribution >= 0.6 is 23.0 Å². The van der Waals surface area contributed by atoms with Crippen molar-refractivity contribution in [3.05, 3.63) is 36.1 Å². The third-order valence-corrected chi connectivity index (χ3v) is 1.73. The average Bonchev–Trinajstić information content (AvgIpc) is 2.21. The van der Waals surface area contributed by atoms with E-state index in [4.69, 9.17) is 3.07 Å². The highest BCUT2D eigenvalue weighted by molar-refractivity contribution is 14.1. The number of ketones is 1. The molecule has 0 bridgehead atoms. The molecular weight excluding hydrogens is 281 g/mol. The van der Waals surface area contributed by atoms with E-state index in [1.165, 1.54) is 6.08 Å². The number of rotatable bonds is 2. The predicted molar refractivity (Wildman–Crippen MR) is 59.8 cm³/mol. The minimum atomic E-state index is -0.0466. The average molecular weight is 289 g/mol. The molecule has 1 aliphatic heterocycles. The SMILES string of the molecule is O=C1/C=C/C=N\C=C/C=C\1COI. The zero-order valence-electron chi connectivity index (χ0n) is 6.81. The molecule has 0 saturated carbocycles. The van der Waals surface area contributed by atoms with Gasteiger partial charge in [0.2, 0.25) is 0 Å². The van der Waals surface area contributed by atoms with Crippen LogP contribution in [0, 0.1) is 0 Å². The van der Waals surface area contributed by atoms with Crippen molar-refractivity contribution in [2.24, 2.45) is 4.99 Å². The van der Waals surface area contributed by atoms with Crippen molar-refractivity contribution in [1.82, 2.24) is 0 Å². The lowest BCUT2D eigenvalue weighted by molar-refractivity contribution is -0.111. The van der Waals surface area contributed by atoms with Crippen molar-refractivity contribution in [2.45, 2.75) is 0 Å². The van der Waals surface area contributed by atoms with Crippen LogP contribution in [0.15, 0.2) is 41.1 Å². The Kier molecular flexibility index (Phi) is 4.63. The Morgan fingerprint density at radius 3 is 3.08 bits per heavy atom. The molecule has 1 aliphatic rings. The number of carbonyl (C=O) groups is 1. The van der Waals surface area contributed by atoms with Crippen LogP contribution in [0.25, 0.3) is 0 Å². The quantitative estimate of drug-likeness (QED) is 0.729. The number of nitrogens with zero attached hydrogens (tertiary/aromatic N) is 1. The number of hydrogen-bond acceptors (Lipinski definition) is 3. The van der Waals surface area contributed by atoms with Gasteiger partial charge in [-0.05, 0) is 18.2 Å². The summed E-state index contributed by atoms with van der Waals surface area (Å²) in [4.78, 5) is 15.3. The molecule has 0 unspecified atom stereocenters. The molecule has 3 nitrogen and oxygen atoms in total. The summed E-state index contributed by atoms with van der Waals surface area (Å²) in [5.41, 5.74) is 0.618. The van der Waals surface area contributed by atoms with Gasteiger partial charge in [-0.25, -0.2) is 0 Å². The van der Waals surface area contributed by atoms with Crippen molar-refractivity contribution >= 4 is 35.0 Å². The lowest BCUT2D eigenvalue weighted by atomic mass is 10.1. The maximum absolute atomic E-state index is 11.4. The monoisotopic (exact) mass is 289 g/mol. The lowest BCUT2D eigenvalue weighted by Crippen LogP contribution is -2.03. The van der Waals surface area contributed by atoms with Crippen LogP contribution in [0.1, 0.15) is 0 Å². The molecule has 0 aromatic carbocycles. The van der Waals surface area contributed by atoms with E-state index >= 15 is 0 Å². The Labute approximate surface area is 90.6 Å². The van der Waals surface area contributed by atoms with Gasteiger partial charge in [0, 0.05) is 18.0 Å². The van der Waals surface area contributed by atoms with Gasteiger partial charge in [0.25, 0.3) is 0 Å². The van der Waals surface area contributed by atoms with Crippen LogP contribution in [-0.4, -0.2) is 18.6 Å². The molecule has 0 fully saturated rings. The Morgan fingerprint density at radius 1 is 1.46 bits per heavy atom. The van der Waals surface area contributed by atoms with Gasteiger partial charge in [0.15, 0.2) is 5.78 Å². The van der Waals surface area contributed by atoms with Crippen molar-refractivity contribution in [1.29, 1.82) is 0 Å². The standard InChI is InChI=1S/C9H8INO2/c10-13-7-8-3-1-5-11-6-2-4-9(8)12/h1-6H,7H2/b4-2+,5-1-,8-3-,11-6-. The van der Waals surface area contributed by atoms with Gasteiger partial charge in [-0.2, -0.15) is 0 Å². The smallest absolute Gasteiger partial charge is 0.184 e. The van der Waals surface area contributed by atoms with E-state index in [1.54, 1.807) is 53.6 Å². The third kappa shape index (κ3) is 3.65. The van der Waals surface area contributed by atoms with E-state index < -0.39 is 0 Å². The van der Waals surface area contributed by atoms with Gasteiger partial charge >= 0.3 is 0 Å². The molecule has 0 N–H and O–H groups in total. The molecule has 0 atom stereocenters. The minimum Gasteiger partial charge on any atom is -0.311 e. The molecular formula is C9H8INO2. The number of allylic oxidation sites excluding steroid dienone is 4. The molecule has 0 spiro atoms. The first-order chi connectivity index (χ1) is 6.34. The highest BCUT2D eigenvalue weighted by atomic mass is 127. The highest BCUT2D eigenvalue weighted by Crippen LogP contribution is 2.03. The molecule has 0 amide bonds. The van der Waals surface area contributed by atoms with Crippen molar-refractivity contribution in [3.63, 3.8) is 0 Å². The lowest BCUT2D eigenvalue weighted by Gasteiger charge is -1.97. The maximum atomic E-state index is 11.4. The summed E-state index contributed by atoms with van der Waals surface area (Å²) >= 11 is 1.76. The third-order valence-electron chi connectivity index (χ3n) is 1.42. The highest BCUT2D eigenvalue weighted by Gasteiger charge is 2.04. The molecule has 4 heteroatoms. The number of aliphatic imine (C=N–C) groups is 1. The number of carbonyl (C=O) groups excluding carboxylic acids is 1. The number of halogens is 1. The van der Waals surface area contributed by atoms with Gasteiger partial charge in [0.05, 0.1) is 6.61 Å². The first-order valence-corrected chi connectivity index (χ1v) is 4.56. The van der Waals surface area contributed by atoms with E-state index in [1.807, 2.05) is 0 Å². The van der Waals surface area contributed by atoms with E-state index in [-0.39, 0.29) is 5.78 Å². The topological polar surface area (TPSA) is 38.7 Å². The Balaban J connectivity index is 2.84. The molecule has 0 aromatic rings. The molecule has 1 rings (SSSR count). The van der Waals surface area contributed by atoms with Crippen LogP contribution in [-0.2, 0) is 7.86 Å². The van der Waals surface area contributed by atoms with Gasteiger partial charge in [-0.3, -0.25) is 9.79 Å². The zero-order valence-corrected chi connectivity index (χ0v) is 8.97. The first kappa shape index (κ1) is 10.3. The van der Waals surface area contributed by atoms with Gasteiger partial charge in [-0.15, -0.1) is 0 Å². The van der Waals surface area contributed by atoms with E-state index in [9.17, 15) is 4.79 Å². The second-order valence-electron chi connectivity index (χ2n) is 2.31. The summed E-state index contributed by atoms with van der Waals surface area (Å²) in [5, 5.41) is 0. The van der Waals surface area contributed by atoms with E-state index in [0.29, 0.717) is 12.2 Å². The van der Waals surface area contributed by atoms with Crippen LogP contribution in [0.5, 0.6) is 0 Å². The second-order valence-corrected chi connectivity index (χ2v) is 2.93. The predicted octanol–water partition coefficient (Wildman–Crippen LogP) is 2.00. The van der Waals surface area contributed by atoms with Crippen molar-refractivity contribution in [2.75, 3.05) is 6.61 Å². The Hall–Kier alpha value is -0.750. The summed E-state index contributed by atoms with van der Waals surface area (Å²) in [6, 6.07) is 0.